The first kappa shape index (κ1) is 16.0. The van der Waals surface area contributed by atoms with E-state index in [1.165, 1.54) is 35.4 Å². The SMILES string of the molecule is NC(=O)c1c[nH]n2c(=O)cc([C@H]3CC(=O)N(c4cccc(F)c4)C3)nc12. The third kappa shape index (κ3) is 2.53. The van der Waals surface area contributed by atoms with E-state index < -0.39 is 17.3 Å². The number of hydrogen-bond donors (Lipinski definition) is 2. The maximum absolute atomic E-state index is 13.4. The van der Waals surface area contributed by atoms with E-state index in [1.54, 1.807) is 6.07 Å². The molecule has 1 fully saturated rings. The number of amides is 2. The Labute approximate surface area is 146 Å². The molecule has 1 atom stereocenters. The third-order valence-corrected chi connectivity index (χ3v) is 4.45. The number of fused-ring (bicyclic) bond motifs is 1. The van der Waals surface area contributed by atoms with Gasteiger partial charge in [-0.1, -0.05) is 6.07 Å². The number of H-pyrrole nitrogens is 1. The van der Waals surface area contributed by atoms with Gasteiger partial charge in [0, 0.05) is 36.8 Å². The van der Waals surface area contributed by atoms with Crippen LogP contribution in [0.25, 0.3) is 5.65 Å². The first-order chi connectivity index (χ1) is 12.4. The number of hydrogen-bond acceptors (Lipinski definition) is 4. The van der Waals surface area contributed by atoms with Crippen molar-refractivity contribution in [2.45, 2.75) is 12.3 Å². The fourth-order valence-electron chi connectivity index (χ4n) is 3.19. The van der Waals surface area contributed by atoms with Crippen molar-refractivity contribution >= 4 is 23.1 Å². The molecule has 0 bridgehead atoms. The van der Waals surface area contributed by atoms with Gasteiger partial charge in [0.25, 0.3) is 11.5 Å². The summed E-state index contributed by atoms with van der Waals surface area (Å²) in [5, 5.41) is 2.63. The van der Waals surface area contributed by atoms with Crippen LogP contribution in [0.3, 0.4) is 0 Å². The number of nitrogens with two attached hydrogens (primary N) is 1. The number of benzene rings is 1. The van der Waals surface area contributed by atoms with Crippen LogP contribution in [0.4, 0.5) is 10.1 Å². The van der Waals surface area contributed by atoms with E-state index in [0.717, 1.165) is 4.52 Å². The van der Waals surface area contributed by atoms with Gasteiger partial charge in [-0.3, -0.25) is 19.5 Å². The lowest BCUT2D eigenvalue weighted by molar-refractivity contribution is -0.117. The molecule has 0 saturated carbocycles. The van der Waals surface area contributed by atoms with Crippen LogP contribution in [0.2, 0.25) is 0 Å². The normalized spacial score (nSPS) is 17.2. The number of nitrogens with zero attached hydrogens (tertiary/aromatic N) is 3. The van der Waals surface area contributed by atoms with Gasteiger partial charge in [-0.15, -0.1) is 0 Å². The van der Waals surface area contributed by atoms with E-state index in [2.05, 4.69) is 10.1 Å². The molecule has 4 rings (SSSR count). The summed E-state index contributed by atoms with van der Waals surface area (Å²) >= 11 is 0. The quantitative estimate of drug-likeness (QED) is 0.723. The van der Waals surface area contributed by atoms with Gasteiger partial charge in [0.2, 0.25) is 5.91 Å². The van der Waals surface area contributed by atoms with Gasteiger partial charge >= 0.3 is 0 Å². The first-order valence-corrected chi connectivity index (χ1v) is 7.91. The molecule has 2 aromatic heterocycles. The maximum Gasteiger partial charge on any atom is 0.272 e. The lowest BCUT2D eigenvalue weighted by Gasteiger charge is -2.16. The highest BCUT2D eigenvalue weighted by Gasteiger charge is 2.33. The largest absolute Gasteiger partial charge is 0.365 e. The minimum atomic E-state index is -0.711. The van der Waals surface area contributed by atoms with Gasteiger partial charge in [-0.25, -0.2) is 13.9 Å². The van der Waals surface area contributed by atoms with Crippen molar-refractivity contribution in [1.29, 1.82) is 0 Å². The lowest BCUT2D eigenvalue weighted by Crippen LogP contribution is -2.24. The summed E-state index contributed by atoms with van der Waals surface area (Å²) in [6.45, 7) is 0.265. The highest BCUT2D eigenvalue weighted by molar-refractivity contribution is 5.98. The minimum Gasteiger partial charge on any atom is -0.365 e. The van der Waals surface area contributed by atoms with Crippen LogP contribution < -0.4 is 16.2 Å². The fourth-order valence-corrected chi connectivity index (χ4v) is 3.19. The molecule has 1 aliphatic rings. The number of halogens is 1. The zero-order valence-electron chi connectivity index (χ0n) is 13.5. The molecule has 132 valence electrons. The predicted octanol–water partition coefficient (Wildman–Crippen LogP) is 0.781. The zero-order valence-corrected chi connectivity index (χ0v) is 13.5. The lowest BCUT2D eigenvalue weighted by atomic mass is 10.0. The summed E-state index contributed by atoms with van der Waals surface area (Å²) in [7, 11) is 0. The first-order valence-electron chi connectivity index (χ1n) is 7.91. The average molecular weight is 355 g/mol. The second-order valence-corrected chi connectivity index (χ2v) is 6.11. The van der Waals surface area contributed by atoms with Crippen LogP contribution in [-0.4, -0.2) is 33.0 Å². The van der Waals surface area contributed by atoms with Crippen LogP contribution in [0, 0.1) is 5.82 Å². The Morgan fingerprint density at radius 3 is 2.85 bits per heavy atom. The Morgan fingerprint density at radius 1 is 1.31 bits per heavy atom. The Bertz CT molecular complexity index is 1100. The Kier molecular flexibility index (Phi) is 3.57. The summed E-state index contributed by atoms with van der Waals surface area (Å²) in [6, 6.07) is 7.08. The van der Waals surface area contributed by atoms with Crippen LogP contribution in [0.5, 0.6) is 0 Å². The molecule has 3 N–H and O–H groups in total. The fraction of sp³-hybridized carbons (Fsp3) is 0.176. The van der Waals surface area contributed by atoms with Crippen LogP contribution >= 0.6 is 0 Å². The number of carbonyl (C=O) groups is 2. The second-order valence-electron chi connectivity index (χ2n) is 6.11. The Hall–Kier alpha value is -3.49. The summed E-state index contributed by atoms with van der Waals surface area (Å²) < 4.78 is 14.6. The molecule has 1 aromatic carbocycles. The van der Waals surface area contributed by atoms with Crippen molar-refractivity contribution in [2.75, 3.05) is 11.4 Å². The highest BCUT2D eigenvalue weighted by Crippen LogP contribution is 2.31. The van der Waals surface area contributed by atoms with E-state index in [0.29, 0.717) is 11.4 Å². The van der Waals surface area contributed by atoms with Crippen molar-refractivity contribution < 1.29 is 14.0 Å². The molecule has 26 heavy (non-hydrogen) atoms. The van der Waals surface area contributed by atoms with Crippen molar-refractivity contribution in [3.05, 3.63) is 64.0 Å². The topological polar surface area (TPSA) is 114 Å². The minimum absolute atomic E-state index is 0.0928. The number of nitrogens with one attached hydrogen (secondary N) is 1. The number of anilines is 1. The monoisotopic (exact) mass is 355 g/mol. The van der Waals surface area contributed by atoms with Crippen molar-refractivity contribution in [3.8, 4) is 0 Å². The van der Waals surface area contributed by atoms with E-state index in [1.807, 2.05) is 0 Å². The van der Waals surface area contributed by atoms with E-state index >= 15 is 0 Å². The van der Waals surface area contributed by atoms with Gasteiger partial charge in [-0.05, 0) is 18.2 Å². The van der Waals surface area contributed by atoms with Gasteiger partial charge in [0.1, 0.15) is 11.4 Å². The van der Waals surface area contributed by atoms with Crippen LogP contribution in [0.15, 0.2) is 41.3 Å². The highest BCUT2D eigenvalue weighted by atomic mass is 19.1. The molecule has 0 unspecified atom stereocenters. The van der Waals surface area contributed by atoms with Gasteiger partial charge < -0.3 is 10.6 Å². The molecule has 3 heterocycles. The molecule has 8 nitrogen and oxygen atoms in total. The number of aromatic nitrogens is 3. The smallest absolute Gasteiger partial charge is 0.272 e. The molecule has 1 saturated heterocycles. The standard InChI is InChI=1S/C17H14FN5O3/c18-10-2-1-3-11(5-10)22-8-9(4-14(22)24)13-6-15(25)23-17(21-13)12(7-20-23)16(19)26/h1-3,5-7,9,20H,4,8H2,(H2,19,26)/t9-/m0/s1. The summed E-state index contributed by atoms with van der Waals surface area (Å²) in [4.78, 5) is 41.9. The number of primary amides is 1. The molecule has 0 spiro atoms. The molecular formula is C17H14FN5O3. The molecular weight excluding hydrogens is 341 g/mol. The van der Waals surface area contributed by atoms with Crippen molar-refractivity contribution in [3.63, 3.8) is 0 Å². The molecule has 9 heteroatoms. The second kappa shape index (κ2) is 5.80. The number of carbonyl (C=O) groups excluding carboxylic acids is 2. The van der Waals surface area contributed by atoms with Crippen molar-refractivity contribution in [1.82, 2.24) is 14.6 Å². The number of rotatable bonds is 3. The van der Waals surface area contributed by atoms with E-state index in [4.69, 9.17) is 5.73 Å². The maximum atomic E-state index is 13.4. The van der Waals surface area contributed by atoms with Crippen molar-refractivity contribution in [2.24, 2.45) is 5.73 Å². The summed E-state index contributed by atoms with van der Waals surface area (Å²) in [6.07, 6.45) is 1.45. The van der Waals surface area contributed by atoms with Gasteiger partial charge in [-0.2, -0.15) is 0 Å². The molecule has 1 aliphatic heterocycles. The number of aromatic amines is 1. The average Bonchev–Trinajstić information content (AvgIpc) is 3.18. The zero-order chi connectivity index (χ0) is 18.4. The predicted molar refractivity (Wildman–Crippen MR) is 90.4 cm³/mol. The molecule has 0 aliphatic carbocycles. The third-order valence-electron chi connectivity index (χ3n) is 4.45. The van der Waals surface area contributed by atoms with Crippen LogP contribution in [0.1, 0.15) is 28.4 Å². The summed E-state index contributed by atoms with van der Waals surface area (Å²) in [5.74, 6) is -1.68. The molecule has 3 aromatic rings. The molecule has 2 amide bonds. The Balaban J connectivity index is 1.72. The summed E-state index contributed by atoms with van der Waals surface area (Å²) in [5.41, 5.74) is 5.95. The Morgan fingerprint density at radius 2 is 2.12 bits per heavy atom. The van der Waals surface area contributed by atoms with Crippen LogP contribution in [-0.2, 0) is 4.79 Å². The van der Waals surface area contributed by atoms with E-state index in [9.17, 15) is 18.8 Å². The van der Waals surface area contributed by atoms with E-state index in [-0.39, 0.29) is 36.0 Å². The van der Waals surface area contributed by atoms with Gasteiger partial charge in [0.15, 0.2) is 5.65 Å². The molecule has 0 radical (unpaired) electrons. The van der Waals surface area contributed by atoms with Gasteiger partial charge in [0.05, 0.1) is 5.69 Å².